The van der Waals surface area contributed by atoms with E-state index >= 15 is 0 Å². The monoisotopic (exact) mass is 244 g/mol. The Morgan fingerprint density at radius 2 is 2.06 bits per heavy atom. The summed E-state index contributed by atoms with van der Waals surface area (Å²) in [4.78, 5) is 0. The van der Waals surface area contributed by atoms with Gasteiger partial charge in [0.1, 0.15) is 29.3 Å². The predicted octanol–water partition coefficient (Wildman–Crippen LogP) is -1.25. The quantitative estimate of drug-likeness (QED) is 0.567. The summed E-state index contributed by atoms with van der Waals surface area (Å²) in [7, 11) is -3.12. The third-order valence-corrected chi connectivity index (χ3v) is 4.38. The summed E-state index contributed by atoms with van der Waals surface area (Å²) >= 11 is 0. The van der Waals surface area contributed by atoms with Crippen LogP contribution in [0.3, 0.4) is 0 Å². The molecule has 0 aliphatic carbocycles. The smallest absolute Gasteiger partial charge is 0.159 e. The van der Waals surface area contributed by atoms with Crippen LogP contribution in [0.15, 0.2) is 24.3 Å². The van der Waals surface area contributed by atoms with Gasteiger partial charge in [0.25, 0.3) is 0 Å². The zero-order valence-electron chi connectivity index (χ0n) is 8.57. The van der Waals surface area contributed by atoms with Crippen LogP contribution in [-0.2, 0) is 9.84 Å². The van der Waals surface area contributed by atoms with Gasteiger partial charge in [-0.3, -0.25) is 0 Å². The van der Waals surface area contributed by atoms with Crippen molar-refractivity contribution in [2.45, 2.75) is 12.1 Å². The first-order valence-corrected chi connectivity index (χ1v) is 6.81. The van der Waals surface area contributed by atoms with Crippen molar-refractivity contribution < 1.29 is 23.9 Å². The van der Waals surface area contributed by atoms with Crippen molar-refractivity contribution in [1.29, 1.82) is 0 Å². The Kier molecular flexibility index (Phi) is 2.88. The lowest BCUT2D eigenvalue weighted by Gasteiger charge is -2.10. The van der Waals surface area contributed by atoms with Crippen molar-refractivity contribution in [3.63, 3.8) is 0 Å². The largest absolute Gasteiger partial charge is 0.508 e. The maximum Gasteiger partial charge on any atom is 0.159 e. The number of aromatic hydroxyl groups is 1. The zero-order chi connectivity index (χ0) is 11.8. The Labute approximate surface area is 93.6 Å². The lowest BCUT2D eigenvalue weighted by atomic mass is 10.2. The molecule has 16 heavy (non-hydrogen) atoms. The SMILES string of the molecule is O=S1(=O)C[C@@H](O)[C@H]([NH2+]c2cccc(O)c2)C1. The van der Waals surface area contributed by atoms with Crippen LogP contribution in [0.25, 0.3) is 0 Å². The summed E-state index contributed by atoms with van der Waals surface area (Å²) in [5.74, 6) is -0.0688. The van der Waals surface area contributed by atoms with Crippen LogP contribution >= 0.6 is 0 Å². The average molecular weight is 244 g/mol. The minimum absolute atomic E-state index is 0.0240. The Bertz CT molecular complexity index is 485. The molecule has 1 heterocycles. The number of nitrogens with two attached hydrogens (primary N) is 1. The van der Waals surface area contributed by atoms with Gasteiger partial charge in [-0.2, -0.15) is 0 Å². The number of benzene rings is 1. The van der Waals surface area contributed by atoms with Gasteiger partial charge in [0.05, 0.1) is 5.75 Å². The molecule has 1 aromatic carbocycles. The maximum absolute atomic E-state index is 11.3. The van der Waals surface area contributed by atoms with Crippen LogP contribution in [0.4, 0.5) is 5.69 Å². The van der Waals surface area contributed by atoms with Crippen molar-refractivity contribution in [2.24, 2.45) is 0 Å². The zero-order valence-corrected chi connectivity index (χ0v) is 9.39. The summed E-state index contributed by atoms with van der Waals surface area (Å²) in [5, 5.41) is 20.5. The van der Waals surface area contributed by atoms with Crippen molar-refractivity contribution >= 4 is 15.5 Å². The number of aliphatic hydroxyl groups is 1. The molecule has 0 unspecified atom stereocenters. The maximum atomic E-state index is 11.3. The first-order chi connectivity index (χ1) is 7.46. The first kappa shape index (κ1) is 11.4. The van der Waals surface area contributed by atoms with Crippen LogP contribution in [0.1, 0.15) is 0 Å². The molecule has 1 aliphatic heterocycles. The lowest BCUT2D eigenvalue weighted by Crippen LogP contribution is -2.87. The van der Waals surface area contributed by atoms with Crippen LogP contribution in [0.2, 0.25) is 0 Å². The van der Waals surface area contributed by atoms with Crippen molar-refractivity contribution in [3.05, 3.63) is 24.3 Å². The second-order valence-corrected chi connectivity index (χ2v) is 6.22. The molecule has 0 amide bonds. The molecule has 1 fully saturated rings. The van der Waals surface area contributed by atoms with E-state index in [0.29, 0.717) is 0 Å². The molecule has 0 radical (unpaired) electrons. The fourth-order valence-electron chi connectivity index (χ4n) is 1.89. The molecule has 5 nitrogen and oxygen atoms in total. The van der Waals surface area contributed by atoms with Gasteiger partial charge >= 0.3 is 0 Å². The highest BCUT2D eigenvalue weighted by molar-refractivity contribution is 7.91. The third-order valence-electron chi connectivity index (χ3n) is 2.64. The van der Waals surface area contributed by atoms with Gasteiger partial charge in [-0.15, -0.1) is 0 Å². The number of sulfone groups is 1. The standard InChI is InChI=1S/C10H13NO4S/c12-8-3-1-2-7(4-8)11-9-5-16(14,15)6-10(9)13/h1-4,9-13H,5-6H2/p+1/t9-,10-/m1/s1. The molecule has 0 aromatic heterocycles. The van der Waals surface area contributed by atoms with E-state index < -0.39 is 15.9 Å². The van der Waals surface area contributed by atoms with E-state index in [1.54, 1.807) is 23.5 Å². The Hall–Kier alpha value is -1.11. The molecule has 1 aliphatic rings. The molecular formula is C10H14NO4S+. The van der Waals surface area contributed by atoms with Crippen molar-refractivity contribution in [2.75, 3.05) is 11.5 Å². The van der Waals surface area contributed by atoms with E-state index in [1.165, 1.54) is 6.07 Å². The molecule has 2 atom stereocenters. The molecule has 88 valence electrons. The summed E-state index contributed by atoms with van der Waals surface area (Å²) in [5.41, 5.74) is 0.723. The molecule has 0 bridgehead atoms. The highest BCUT2D eigenvalue weighted by Crippen LogP contribution is 2.14. The summed E-state index contributed by atoms with van der Waals surface area (Å²) in [6.07, 6.45) is -0.840. The van der Waals surface area contributed by atoms with E-state index in [1.807, 2.05) is 0 Å². The van der Waals surface area contributed by atoms with Gasteiger partial charge in [-0.25, -0.2) is 8.42 Å². The van der Waals surface area contributed by atoms with Crippen LogP contribution in [0.5, 0.6) is 5.75 Å². The molecule has 0 spiro atoms. The molecule has 0 saturated carbocycles. The van der Waals surface area contributed by atoms with Crippen LogP contribution in [-0.4, -0.2) is 42.3 Å². The van der Waals surface area contributed by atoms with E-state index in [0.717, 1.165) is 5.69 Å². The Morgan fingerprint density at radius 3 is 2.62 bits per heavy atom. The second-order valence-electron chi connectivity index (χ2n) is 4.07. The number of phenolic OH excluding ortho intramolecular Hbond substituents is 1. The fourth-order valence-corrected chi connectivity index (χ4v) is 3.70. The van der Waals surface area contributed by atoms with Crippen molar-refractivity contribution in [1.82, 2.24) is 0 Å². The molecule has 2 rings (SSSR count). The van der Waals surface area contributed by atoms with Gasteiger partial charge in [-0.1, -0.05) is 6.07 Å². The van der Waals surface area contributed by atoms with E-state index in [4.69, 9.17) is 0 Å². The number of quaternary nitrogens is 1. The normalized spacial score (nSPS) is 28.1. The topological polar surface area (TPSA) is 91.2 Å². The molecular weight excluding hydrogens is 230 g/mol. The summed E-state index contributed by atoms with van der Waals surface area (Å²) < 4.78 is 22.6. The predicted molar refractivity (Wildman–Crippen MR) is 58.1 cm³/mol. The van der Waals surface area contributed by atoms with E-state index in [2.05, 4.69) is 0 Å². The Morgan fingerprint density at radius 1 is 1.31 bits per heavy atom. The molecule has 1 aromatic rings. The number of hydrogen-bond acceptors (Lipinski definition) is 4. The van der Waals surface area contributed by atoms with Gasteiger partial charge in [0, 0.05) is 6.07 Å². The number of phenols is 1. The summed E-state index contributed by atoms with van der Waals surface area (Å²) in [6.45, 7) is 0. The van der Waals surface area contributed by atoms with E-state index in [9.17, 15) is 18.6 Å². The average Bonchev–Trinajstić information content (AvgIpc) is 2.39. The molecule has 1 saturated heterocycles. The molecule has 4 N–H and O–H groups in total. The van der Waals surface area contributed by atoms with Crippen LogP contribution < -0.4 is 5.32 Å². The highest BCUT2D eigenvalue weighted by Gasteiger charge is 2.39. The summed E-state index contributed by atoms with van der Waals surface area (Å²) in [6, 6.07) is 6.14. The number of hydrogen-bond donors (Lipinski definition) is 3. The third kappa shape index (κ3) is 2.52. The second kappa shape index (κ2) is 4.04. The number of aliphatic hydroxyl groups excluding tert-OH is 1. The van der Waals surface area contributed by atoms with Crippen molar-refractivity contribution in [3.8, 4) is 5.75 Å². The fraction of sp³-hybridized carbons (Fsp3) is 0.400. The number of rotatable bonds is 2. The Balaban J connectivity index is 2.11. The first-order valence-electron chi connectivity index (χ1n) is 4.99. The van der Waals surface area contributed by atoms with Crippen LogP contribution in [0, 0.1) is 0 Å². The van der Waals surface area contributed by atoms with Gasteiger partial charge in [-0.05, 0) is 12.1 Å². The minimum atomic E-state index is -3.12. The van der Waals surface area contributed by atoms with Gasteiger partial charge in [0.2, 0.25) is 0 Å². The molecule has 6 heteroatoms. The van der Waals surface area contributed by atoms with Gasteiger partial charge in [0.15, 0.2) is 9.84 Å². The van der Waals surface area contributed by atoms with Gasteiger partial charge < -0.3 is 15.5 Å². The van der Waals surface area contributed by atoms with E-state index in [-0.39, 0.29) is 23.3 Å². The highest BCUT2D eigenvalue weighted by atomic mass is 32.2. The minimum Gasteiger partial charge on any atom is -0.508 e. The lowest BCUT2D eigenvalue weighted by molar-refractivity contribution is -0.613.